The van der Waals surface area contributed by atoms with Gasteiger partial charge in [-0.3, -0.25) is 14.6 Å². The Kier molecular flexibility index (Phi) is 6.07. The monoisotopic (exact) mass is 351 g/mol. The minimum Gasteiger partial charge on any atom is -0.325 e. The molecule has 4 heteroatoms. The van der Waals surface area contributed by atoms with E-state index in [0.29, 0.717) is 6.54 Å². The highest BCUT2D eigenvalue weighted by molar-refractivity contribution is 5.93. The van der Waals surface area contributed by atoms with Crippen LogP contribution in [0.3, 0.4) is 0 Å². The van der Waals surface area contributed by atoms with Crippen LogP contribution in [0.15, 0.2) is 42.5 Å². The van der Waals surface area contributed by atoms with Gasteiger partial charge in [-0.25, -0.2) is 0 Å². The van der Waals surface area contributed by atoms with Gasteiger partial charge in [0.05, 0.1) is 6.54 Å². The summed E-state index contributed by atoms with van der Waals surface area (Å²) in [7, 11) is 0. The molecule has 1 aliphatic heterocycles. The Bertz CT molecular complexity index is 764. The average molecular weight is 351 g/mol. The van der Waals surface area contributed by atoms with Gasteiger partial charge >= 0.3 is 0 Å². The van der Waals surface area contributed by atoms with Crippen molar-refractivity contribution < 1.29 is 4.79 Å². The molecule has 1 fully saturated rings. The van der Waals surface area contributed by atoms with Gasteiger partial charge in [-0.1, -0.05) is 36.4 Å². The topological polar surface area (TPSA) is 35.6 Å². The Morgan fingerprint density at radius 1 is 0.923 bits per heavy atom. The molecule has 0 aromatic heterocycles. The zero-order chi connectivity index (χ0) is 18.5. The molecule has 4 nitrogen and oxygen atoms in total. The molecule has 0 spiro atoms. The van der Waals surface area contributed by atoms with Gasteiger partial charge in [-0.05, 0) is 49.1 Å². The predicted molar refractivity (Wildman–Crippen MR) is 107 cm³/mol. The maximum atomic E-state index is 12.4. The van der Waals surface area contributed by atoms with E-state index >= 15 is 0 Å². The number of carbonyl (C=O) groups excluding carboxylic acids is 1. The van der Waals surface area contributed by atoms with Crippen LogP contribution in [0.25, 0.3) is 0 Å². The van der Waals surface area contributed by atoms with Crippen LogP contribution < -0.4 is 5.32 Å². The third-order valence-electron chi connectivity index (χ3n) is 5.15. The molecule has 2 aromatic carbocycles. The van der Waals surface area contributed by atoms with E-state index in [0.717, 1.165) is 49.5 Å². The number of amides is 1. The summed E-state index contributed by atoms with van der Waals surface area (Å²) in [5.74, 6) is 0.0750. The third-order valence-corrected chi connectivity index (χ3v) is 5.15. The molecule has 1 saturated heterocycles. The highest BCUT2D eigenvalue weighted by Gasteiger charge is 2.19. The predicted octanol–water partition coefficient (Wildman–Crippen LogP) is 3.37. The van der Waals surface area contributed by atoms with E-state index in [-0.39, 0.29) is 5.91 Å². The lowest BCUT2D eigenvalue weighted by Gasteiger charge is -2.34. The fraction of sp³-hybridized carbons (Fsp3) is 0.409. The molecule has 0 unspecified atom stereocenters. The number of carbonyl (C=O) groups is 1. The normalized spacial score (nSPS) is 15.8. The van der Waals surface area contributed by atoms with Crippen LogP contribution in [0.5, 0.6) is 0 Å². The van der Waals surface area contributed by atoms with Crippen molar-refractivity contribution in [3.8, 4) is 0 Å². The SMILES string of the molecule is Cc1ccc(C)c(NC(=O)CN2CCN(Cc3ccccc3C)CC2)c1. The molecule has 2 aromatic rings. The van der Waals surface area contributed by atoms with Gasteiger partial charge in [0.1, 0.15) is 0 Å². The number of anilines is 1. The maximum absolute atomic E-state index is 12.4. The van der Waals surface area contributed by atoms with Crippen molar-refractivity contribution in [2.75, 3.05) is 38.0 Å². The quantitative estimate of drug-likeness (QED) is 0.897. The minimum atomic E-state index is 0.0750. The van der Waals surface area contributed by atoms with E-state index in [2.05, 4.69) is 58.4 Å². The second kappa shape index (κ2) is 8.47. The van der Waals surface area contributed by atoms with Crippen molar-refractivity contribution in [3.63, 3.8) is 0 Å². The zero-order valence-electron chi connectivity index (χ0n) is 16.1. The second-order valence-electron chi connectivity index (χ2n) is 7.35. The van der Waals surface area contributed by atoms with Crippen molar-refractivity contribution in [3.05, 3.63) is 64.7 Å². The molecule has 0 aliphatic carbocycles. The molecular formula is C22H29N3O. The Hall–Kier alpha value is -2.17. The van der Waals surface area contributed by atoms with Gasteiger partial charge in [0.2, 0.25) is 5.91 Å². The summed E-state index contributed by atoms with van der Waals surface area (Å²) in [6.45, 7) is 11.6. The summed E-state index contributed by atoms with van der Waals surface area (Å²) in [5.41, 5.74) is 5.94. The molecule has 0 atom stereocenters. The summed E-state index contributed by atoms with van der Waals surface area (Å²) >= 11 is 0. The van der Waals surface area contributed by atoms with Gasteiger partial charge in [0, 0.05) is 38.4 Å². The molecule has 0 radical (unpaired) electrons. The van der Waals surface area contributed by atoms with Gasteiger partial charge in [0.25, 0.3) is 0 Å². The average Bonchev–Trinajstić information content (AvgIpc) is 2.62. The molecule has 138 valence electrons. The standard InChI is InChI=1S/C22H29N3O/c1-17-8-9-19(3)21(14-17)23-22(26)16-25-12-10-24(11-13-25)15-20-7-5-4-6-18(20)2/h4-9,14H,10-13,15-16H2,1-3H3,(H,23,26). The molecular weight excluding hydrogens is 322 g/mol. The van der Waals surface area contributed by atoms with Crippen LogP contribution in [-0.2, 0) is 11.3 Å². The summed E-state index contributed by atoms with van der Waals surface area (Å²) in [5, 5.41) is 3.06. The maximum Gasteiger partial charge on any atom is 0.238 e. The van der Waals surface area contributed by atoms with Crippen molar-refractivity contribution in [1.29, 1.82) is 0 Å². The molecule has 1 N–H and O–H groups in total. The first-order valence-electron chi connectivity index (χ1n) is 9.37. The van der Waals surface area contributed by atoms with Gasteiger partial charge in [0.15, 0.2) is 0 Å². The number of hydrogen-bond acceptors (Lipinski definition) is 3. The van der Waals surface area contributed by atoms with Gasteiger partial charge in [-0.15, -0.1) is 0 Å². The van der Waals surface area contributed by atoms with E-state index in [1.165, 1.54) is 11.1 Å². The van der Waals surface area contributed by atoms with E-state index in [4.69, 9.17) is 0 Å². The number of piperazine rings is 1. The zero-order valence-corrected chi connectivity index (χ0v) is 16.1. The van der Waals surface area contributed by atoms with E-state index < -0.39 is 0 Å². The summed E-state index contributed by atoms with van der Waals surface area (Å²) < 4.78 is 0. The molecule has 1 amide bonds. The molecule has 0 bridgehead atoms. The first kappa shape index (κ1) is 18.6. The van der Waals surface area contributed by atoms with Gasteiger partial charge < -0.3 is 5.32 Å². The lowest BCUT2D eigenvalue weighted by atomic mass is 10.1. The van der Waals surface area contributed by atoms with Crippen LogP contribution in [0, 0.1) is 20.8 Å². The largest absolute Gasteiger partial charge is 0.325 e. The number of benzene rings is 2. The van der Waals surface area contributed by atoms with Crippen LogP contribution in [0.2, 0.25) is 0 Å². The summed E-state index contributed by atoms with van der Waals surface area (Å²) in [4.78, 5) is 17.1. The lowest BCUT2D eigenvalue weighted by Crippen LogP contribution is -2.48. The molecule has 1 heterocycles. The smallest absolute Gasteiger partial charge is 0.238 e. The Balaban J connectivity index is 1.47. The molecule has 3 rings (SSSR count). The first-order valence-corrected chi connectivity index (χ1v) is 9.37. The van der Waals surface area contributed by atoms with Crippen molar-refractivity contribution in [2.24, 2.45) is 0 Å². The first-order chi connectivity index (χ1) is 12.5. The lowest BCUT2D eigenvalue weighted by molar-refractivity contribution is -0.117. The Labute approximate surface area is 156 Å². The molecule has 26 heavy (non-hydrogen) atoms. The summed E-state index contributed by atoms with van der Waals surface area (Å²) in [6.07, 6.45) is 0. The summed E-state index contributed by atoms with van der Waals surface area (Å²) in [6, 6.07) is 14.7. The van der Waals surface area contributed by atoms with E-state index in [9.17, 15) is 4.79 Å². The van der Waals surface area contributed by atoms with E-state index in [1.54, 1.807) is 0 Å². The highest BCUT2D eigenvalue weighted by Crippen LogP contribution is 2.17. The molecule has 1 aliphatic rings. The fourth-order valence-corrected chi connectivity index (χ4v) is 3.40. The number of rotatable bonds is 5. The number of aryl methyl sites for hydroxylation is 3. The third kappa shape index (κ3) is 4.93. The fourth-order valence-electron chi connectivity index (χ4n) is 3.40. The number of nitrogens with zero attached hydrogens (tertiary/aromatic N) is 2. The van der Waals surface area contributed by atoms with Crippen LogP contribution in [-0.4, -0.2) is 48.4 Å². The van der Waals surface area contributed by atoms with Crippen molar-refractivity contribution >= 4 is 11.6 Å². The number of nitrogens with one attached hydrogen (secondary N) is 1. The second-order valence-corrected chi connectivity index (χ2v) is 7.35. The van der Waals surface area contributed by atoms with Crippen LogP contribution >= 0.6 is 0 Å². The van der Waals surface area contributed by atoms with Crippen molar-refractivity contribution in [1.82, 2.24) is 9.80 Å². The van der Waals surface area contributed by atoms with E-state index in [1.807, 2.05) is 19.9 Å². The van der Waals surface area contributed by atoms with Crippen molar-refractivity contribution in [2.45, 2.75) is 27.3 Å². The van der Waals surface area contributed by atoms with Gasteiger partial charge in [-0.2, -0.15) is 0 Å². The Morgan fingerprint density at radius 2 is 1.62 bits per heavy atom. The highest BCUT2D eigenvalue weighted by atomic mass is 16.2. The van der Waals surface area contributed by atoms with Crippen LogP contribution in [0.1, 0.15) is 22.3 Å². The molecule has 0 saturated carbocycles. The van der Waals surface area contributed by atoms with Crippen LogP contribution in [0.4, 0.5) is 5.69 Å². The number of hydrogen-bond donors (Lipinski definition) is 1. The Morgan fingerprint density at radius 3 is 2.35 bits per heavy atom. The minimum absolute atomic E-state index is 0.0750.